The zero-order chi connectivity index (χ0) is 14.8. The second-order valence-corrected chi connectivity index (χ2v) is 6.20. The number of likely N-dealkylation sites (tertiary alicyclic amines) is 1. The van der Waals surface area contributed by atoms with Crippen molar-refractivity contribution in [3.8, 4) is 0 Å². The molecule has 2 fully saturated rings. The number of amides is 2. The highest BCUT2D eigenvalue weighted by Gasteiger charge is 2.38. The molecule has 1 saturated heterocycles. The van der Waals surface area contributed by atoms with Gasteiger partial charge in [0, 0.05) is 13.1 Å². The third-order valence-corrected chi connectivity index (χ3v) is 4.80. The molecule has 20 heavy (non-hydrogen) atoms. The largest absolute Gasteiger partial charge is 0.480 e. The van der Waals surface area contributed by atoms with Gasteiger partial charge in [0.2, 0.25) is 0 Å². The molecule has 2 amide bonds. The zero-order valence-electron chi connectivity index (χ0n) is 12.0. The van der Waals surface area contributed by atoms with Gasteiger partial charge in [-0.25, -0.2) is 9.59 Å². The molecule has 0 aromatic rings. The smallest absolute Gasteiger partial charge is 0.328 e. The summed E-state index contributed by atoms with van der Waals surface area (Å²) in [5.74, 6) is -1.21. The van der Waals surface area contributed by atoms with E-state index in [2.05, 4.69) is 5.32 Å². The maximum absolute atomic E-state index is 12.1. The van der Waals surface area contributed by atoms with Crippen molar-refractivity contribution in [1.82, 2.24) is 10.2 Å². The third kappa shape index (κ3) is 3.23. The van der Waals surface area contributed by atoms with E-state index in [4.69, 9.17) is 5.11 Å². The average molecular weight is 284 g/mol. The van der Waals surface area contributed by atoms with Crippen LogP contribution in [0.5, 0.6) is 0 Å². The number of aliphatic hydroxyl groups is 1. The first kappa shape index (κ1) is 15.1. The fraction of sp³-hybridized carbons (Fsp3) is 0.857. The Morgan fingerprint density at radius 2 is 1.70 bits per heavy atom. The molecule has 6 heteroatoms. The molecule has 0 bridgehead atoms. The predicted molar refractivity (Wildman–Crippen MR) is 73.3 cm³/mol. The van der Waals surface area contributed by atoms with Crippen molar-refractivity contribution < 1.29 is 19.8 Å². The molecule has 1 spiro atoms. The lowest BCUT2D eigenvalue weighted by molar-refractivity contribution is -0.141. The van der Waals surface area contributed by atoms with Crippen molar-refractivity contribution in [3.63, 3.8) is 0 Å². The van der Waals surface area contributed by atoms with Gasteiger partial charge in [0.1, 0.15) is 0 Å². The SMILES string of the molecule is C[C@@H](O)[C@H](NC(=O)N1CCC2(CCCC2)CC1)C(=O)O. The lowest BCUT2D eigenvalue weighted by Gasteiger charge is -2.39. The predicted octanol–water partition coefficient (Wildman–Crippen LogP) is 1.19. The summed E-state index contributed by atoms with van der Waals surface area (Å²) in [6.45, 7) is 2.72. The highest BCUT2D eigenvalue weighted by Crippen LogP contribution is 2.46. The molecule has 2 aliphatic rings. The molecule has 2 atom stereocenters. The number of carboxylic acids is 1. The molecule has 1 aliphatic carbocycles. The van der Waals surface area contributed by atoms with Crippen LogP contribution in [0.15, 0.2) is 0 Å². The molecule has 0 radical (unpaired) electrons. The minimum atomic E-state index is -1.25. The Morgan fingerprint density at radius 1 is 1.15 bits per heavy atom. The van der Waals surface area contributed by atoms with Crippen LogP contribution in [0.4, 0.5) is 4.79 Å². The molecule has 6 nitrogen and oxygen atoms in total. The number of nitrogens with zero attached hydrogens (tertiary/aromatic N) is 1. The van der Waals surface area contributed by atoms with Crippen LogP contribution in [-0.2, 0) is 4.79 Å². The van der Waals surface area contributed by atoms with Gasteiger partial charge in [0.15, 0.2) is 6.04 Å². The first-order valence-electron chi connectivity index (χ1n) is 7.40. The highest BCUT2D eigenvalue weighted by molar-refractivity contribution is 5.83. The zero-order valence-corrected chi connectivity index (χ0v) is 12.0. The standard InChI is InChI=1S/C14H24N2O4/c1-10(17)11(12(18)19)15-13(20)16-8-6-14(7-9-16)4-2-3-5-14/h10-11,17H,2-9H2,1H3,(H,15,20)(H,18,19)/t10-,11+/m1/s1. The van der Waals surface area contributed by atoms with E-state index in [1.54, 1.807) is 4.90 Å². The van der Waals surface area contributed by atoms with E-state index in [0.717, 1.165) is 12.8 Å². The third-order valence-electron chi connectivity index (χ3n) is 4.80. The molecule has 0 unspecified atom stereocenters. The number of carbonyl (C=O) groups is 2. The summed E-state index contributed by atoms with van der Waals surface area (Å²) in [6, 6.07) is -1.63. The van der Waals surface area contributed by atoms with Crippen LogP contribution in [0.3, 0.4) is 0 Å². The number of urea groups is 1. The van der Waals surface area contributed by atoms with Crippen molar-refractivity contribution in [1.29, 1.82) is 0 Å². The molecule has 3 N–H and O–H groups in total. The maximum Gasteiger partial charge on any atom is 0.328 e. The normalized spacial score (nSPS) is 24.4. The Bertz CT molecular complexity index is 367. The Kier molecular flexibility index (Phi) is 4.52. The Labute approximate surface area is 119 Å². The fourth-order valence-corrected chi connectivity index (χ4v) is 3.42. The molecular formula is C14H24N2O4. The van der Waals surface area contributed by atoms with Gasteiger partial charge < -0.3 is 20.4 Å². The molecule has 2 rings (SSSR count). The monoisotopic (exact) mass is 284 g/mol. The van der Waals surface area contributed by atoms with Crippen LogP contribution >= 0.6 is 0 Å². The number of rotatable bonds is 3. The van der Waals surface area contributed by atoms with Gasteiger partial charge in [0.25, 0.3) is 0 Å². The Balaban J connectivity index is 1.86. The van der Waals surface area contributed by atoms with Gasteiger partial charge in [-0.2, -0.15) is 0 Å². The van der Waals surface area contributed by atoms with Crippen molar-refractivity contribution in [2.24, 2.45) is 5.41 Å². The van der Waals surface area contributed by atoms with E-state index in [1.807, 2.05) is 0 Å². The van der Waals surface area contributed by atoms with Crippen LogP contribution in [-0.4, -0.2) is 52.3 Å². The van der Waals surface area contributed by atoms with Crippen LogP contribution in [0.2, 0.25) is 0 Å². The van der Waals surface area contributed by atoms with Gasteiger partial charge in [-0.05, 0) is 38.0 Å². The van der Waals surface area contributed by atoms with E-state index in [0.29, 0.717) is 18.5 Å². The van der Waals surface area contributed by atoms with Crippen LogP contribution in [0.1, 0.15) is 45.4 Å². The molecule has 1 aliphatic heterocycles. The highest BCUT2D eigenvalue weighted by atomic mass is 16.4. The number of hydrogen-bond acceptors (Lipinski definition) is 3. The van der Waals surface area contributed by atoms with Crippen LogP contribution in [0, 0.1) is 5.41 Å². The molecular weight excluding hydrogens is 260 g/mol. The van der Waals surface area contributed by atoms with E-state index >= 15 is 0 Å². The number of piperidine rings is 1. The fourth-order valence-electron chi connectivity index (χ4n) is 3.42. The first-order valence-corrected chi connectivity index (χ1v) is 7.40. The molecule has 0 aromatic carbocycles. The molecule has 1 heterocycles. The summed E-state index contributed by atoms with van der Waals surface area (Å²) in [7, 11) is 0. The topological polar surface area (TPSA) is 89.9 Å². The van der Waals surface area contributed by atoms with Crippen molar-refractivity contribution in [2.75, 3.05) is 13.1 Å². The summed E-state index contributed by atoms with van der Waals surface area (Å²) in [6.07, 6.45) is 5.99. The van der Waals surface area contributed by atoms with Gasteiger partial charge in [-0.3, -0.25) is 0 Å². The molecule has 0 aromatic heterocycles. The number of carboxylic acid groups (broad SMARTS) is 1. The number of aliphatic hydroxyl groups excluding tert-OH is 1. The first-order chi connectivity index (χ1) is 9.43. The summed E-state index contributed by atoms with van der Waals surface area (Å²) in [4.78, 5) is 24.7. The Morgan fingerprint density at radius 3 is 2.15 bits per heavy atom. The summed E-state index contributed by atoms with van der Waals surface area (Å²) in [5.41, 5.74) is 0.424. The van der Waals surface area contributed by atoms with Crippen molar-refractivity contribution >= 4 is 12.0 Å². The van der Waals surface area contributed by atoms with Gasteiger partial charge in [0.05, 0.1) is 6.10 Å². The quantitative estimate of drug-likeness (QED) is 0.726. The number of nitrogens with one attached hydrogen (secondary N) is 1. The van der Waals surface area contributed by atoms with Gasteiger partial charge in [-0.15, -0.1) is 0 Å². The van der Waals surface area contributed by atoms with Crippen LogP contribution < -0.4 is 5.32 Å². The van der Waals surface area contributed by atoms with Crippen molar-refractivity contribution in [3.05, 3.63) is 0 Å². The van der Waals surface area contributed by atoms with Crippen LogP contribution in [0.25, 0.3) is 0 Å². The summed E-state index contributed by atoms with van der Waals surface area (Å²) >= 11 is 0. The number of aliphatic carboxylic acids is 1. The number of hydrogen-bond donors (Lipinski definition) is 3. The second kappa shape index (κ2) is 5.99. The molecule has 114 valence electrons. The van der Waals surface area contributed by atoms with Gasteiger partial charge >= 0.3 is 12.0 Å². The minimum absolute atomic E-state index is 0.383. The summed E-state index contributed by atoms with van der Waals surface area (Å²) < 4.78 is 0. The Hall–Kier alpha value is -1.30. The average Bonchev–Trinajstić information content (AvgIpc) is 2.84. The van der Waals surface area contributed by atoms with Crippen molar-refractivity contribution in [2.45, 2.75) is 57.6 Å². The molecule has 1 saturated carbocycles. The van der Waals surface area contributed by atoms with E-state index in [9.17, 15) is 14.7 Å². The van der Waals surface area contributed by atoms with E-state index in [-0.39, 0.29) is 6.03 Å². The van der Waals surface area contributed by atoms with Gasteiger partial charge in [-0.1, -0.05) is 12.8 Å². The maximum atomic E-state index is 12.1. The van der Waals surface area contributed by atoms with E-state index < -0.39 is 18.1 Å². The lowest BCUT2D eigenvalue weighted by Crippen LogP contribution is -2.54. The lowest BCUT2D eigenvalue weighted by atomic mass is 9.77. The van der Waals surface area contributed by atoms with E-state index in [1.165, 1.54) is 32.6 Å². The second-order valence-electron chi connectivity index (χ2n) is 6.20. The minimum Gasteiger partial charge on any atom is -0.480 e. The summed E-state index contributed by atoms with van der Waals surface area (Å²) in [5, 5.41) is 20.8. The number of carbonyl (C=O) groups excluding carboxylic acids is 1.